The van der Waals surface area contributed by atoms with Crippen LogP contribution in [0.5, 0.6) is 0 Å². The fourth-order valence-electron chi connectivity index (χ4n) is 2.54. The zero-order valence-electron chi connectivity index (χ0n) is 12.4. The van der Waals surface area contributed by atoms with Gasteiger partial charge in [0.2, 0.25) is 0 Å². The molecule has 0 aliphatic carbocycles. The second-order valence-corrected chi connectivity index (χ2v) is 6.18. The number of aryl methyl sites for hydroxylation is 1. The number of rotatable bonds is 4. The number of thiophene rings is 1. The molecule has 0 bridgehead atoms. The molecule has 0 aromatic carbocycles. The summed E-state index contributed by atoms with van der Waals surface area (Å²) in [6.07, 6.45) is 0. The molecule has 2 aromatic rings. The van der Waals surface area contributed by atoms with Crippen LogP contribution in [0.3, 0.4) is 0 Å². The molecule has 3 heterocycles. The Kier molecular flexibility index (Phi) is 4.48. The SMILES string of the molecule is CNc1cc(C)nc([C@@H]2COCCN2Cc2cccs2)n1. The number of morpholine rings is 1. The number of anilines is 1. The van der Waals surface area contributed by atoms with Gasteiger partial charge in [0.25, 0.3) is 0 Å². The Morgan fingerprint density at radius 2 is 2.38 bits per heavy atom. The maximum atomic E-state index is 5.66. The summed E-state index contributed by atoms with van der Waals surface area (Å²) in [5.41, 5.74) is 0.978. The van der Waals surface area contributed by atoms with Gasteiger partial charge >= 0.3 is 0 Å². The third-order valence-corrected chi connectivity index (χ3v) is 4.47. The van der Waals surface area contributed by atoms with Gasteiger partial charge < -0.3 is 10.1 Å². The normalized spacial score (nSPS) is 19.6. The van der Waals surface area contributed by atoms with Crippen molar-refractivity contribution >= 4 is 17.2 Å². The van der Waals surface area contributed by atoms with Gasteiger partial charge in [0.1, 0.15) is 11.6 Å². The van der Waals surface area contributed by atoms with Crippen LogP contribution >= 0.6 is 11.3 Å². The van der Waals surface area contributed by atoms with Crippen molar-refractivity contribution in [3.8, 4) is 0 Å². The molecule has 3 rings (SSSR count). The fourth-order valence-corrected chi connectivity index (χ4v) is 3.27. The Labute approximate surface area is 129 Å². The van der Waals surface area contributed by atoms with E-state index in [1.165, 1.54) is 4.88 Å². The standard InChI is InChI=1S/C15H20N4OS/c1-11-8-14(16-2)18-15(17-11)13-10-20-6-5-19(13)9-12-4-3-7-21-12/h3-4,7-8,13H,5-6,9-10H2,1-2H3,(H,16,17,18)/t13-/m0/s1. The molecule has 6 heteroatoms. The van der Waals surface area contributed by atoms with E-state index in [1.54, 1.807) is 11.3 Å². The molecule has 0 amide bonds. The van der Waals surface area contributed by atoms with E-state index in [-0.39, 0.29) is 6.04 Å². The molecular formula is C15H20N4OS. The first-order chi connectivity index (χ1) is 10.3. The van der Waals surface area contributed by atoms with Crippen molar-refractivity contribution in [2.45, 2.75) is 19.5 Å². The molecule has 1 aliphatic rings. The number of hydrogen-bond acceptors (Lipinski definition) is 6. The lowest BCUT2D eigenvalue weighted by Gasteiger charge is -2.34. The van der Waals surface area contributed by atoms with E-state index in [0.29, 0.717) is 6.61 Å². The molecule has 1 saturated heterocycles. The summed E-state index contributed by atoms with van der Waals surface area (Å²) in [4.78, 5) is 13.0. The lowest BCUT2D eigenvalue weighted by molar-refractivity contribution is -0.0154. The predicted molar refractivity (Wildman–Crippen MR) is 84.6 cm³/mol. The van der Waals surface area contributed by atoms with Crippen molar-refractivity contribution < 1.29 is 4.74 Å². The lowest BCUT2D eigenvalue weighted by Crippen LogP contribution is -2.39. The minimum atomic E-state index is 0.118. The molecule has 0 radical (unpaired) electrons. The van der Waals surface area contributed by atoms with Gasteiger partial charge in [-0.1, -0.05) is 6.07 Å². The molecule has 112 valence electrons. The number of nitrogens with zero attached hydrogens (tertiary/aromatic N) is 3. The van der Waals surface area contributed by atoms with Crippen LogP contribution in [0, 0.1) is 6.92 Å². The summed E-state index contributed by atoms with van der Waals surface area (Å²) in [5, 5.41) is 5.22. The Bertz CT molecular complexity index is 587. The van der Waals surface area contributed by atoms with Crippen LogP contribution in [0.4, 0.5) is 5.82 Å². The Hall–Kier alpha value is -1.50. The van der Waals surface area contributed by atoms with Crippen molar-refractivity contribution in [1.29, 1.82) is 0 Å². The maximum Gasteiger partial charge on any atom is 0.150 e. The fraction of sp³-hybridized carbons (Fsp3) is 0.467. The van der Waals surface area contributed by atoms with Crippen LogP contribution in [0.2, 0.25) is 0 Å². The van der Waals surface area contributed by atoms with Crippen molar-refractivity contribution in [2.24, 2.45) is 0 Å². The highest BCUT2D eigenvalue weighted by Crippen LogP contribution is 2.25. The zero-order valence-corrected chi connectivity index (χ0v) is 13.2. The maximum absolute atomic E-state index is 5.66. The van der Waals surface area contributed by atoms with Gasteiger partial charge in [-0.15, -0.1) is 11.3 Å². The Morgan fingerprint density at radius 3 is 3.14 bits per heavy atom. The summed E-state index contributed by atoms with van der Waals surface area (Å²) in [6, 6.07) is 6.34. The van der Waals surface area contributed by atoms with Crippen LogP contribution in [0.1, 0.15) is 22.4 Å². The lowest BCUT2D eigenvalue weighted by atomic mass is 10.2. The highest BCUT2D eigenvalue weighted by Gasteiger charge is 2.27. The highest BCUT2D eigenvalue weighted by molar-refractivity contribution is 7.09. The number of ether oxygens (including phenoxy) is 1. The molecule has 0 unspecified atom stereocenters. The molecule has 0 spiro atoms. The first kappa shape index (κ1) is 14.4. The minimum Gasteiger partial charge on any atom is -0.378 e. The van der Waals surface area contributed by atoms with Gasteiger partial charge in [-0.25, -0.2) is 9.97 Å². The zero-order chi connectivity index (χ0) is 14.7. The van der Waals surface area contributed by atoms with Gasteiger partial charge in [0.05, 0.1) is 19.3 Å². The van der Waals surface area contributed by atoms with Crippen molar-refractivity contribution in [1.82, 2.24) is 14.9 Å². The van der Waals surface area contributed by atoms with Gasteiger partial charge in [-0.2, -0.15) is 0 Å². The molecule has 1 N–H and O–H groups in total. The van der Waals surface area contributed by atoms with Crippen LogP contribution in [0.15, 0.2) is 23.6 Å². The van der Waals surface area contributed by atoms with Gasteiger partial charge in [0.15, 0.2) is 0 Å². The van der Waals surface area contributed by atoms with Crippen molar-refractivity contribution in [2.75, 3.05) is 32.1 Å². The second-order valence-electron chi connectivity index (χ2n) is 5.14. The number of nitrogens with one attached hydrogen (secondary N) is 1. The molecule has 1 aliphatic heterocycles. The smallest absolute Gasteiger partial charge is 0.150 e. The first-order valence-corrected chi connectivity index (χ1v) is 8.02. The molecule has 2 aromatic heterocycles. The van der Waals surface area contributed by atoms with Crippen molar-refractivity contribution in [3.05, 3.63) is 40.0 Å². The van der Waals surface area contributed by atoms with E-state index in [0.717, 1.165) is 37.0 Å². The van der Waals surface area contributed by atoms with Gasteiger partial charge in [0, 0.05) is 36.8 Å². The average molecular weight is 304 g/mol. The third kappa shape index (κ3) is 3.40. The van der Waals surface area contributed by atoms with Crippen LogP contribution in [-0.2, 0) is 11.3 Å². The molecule has 0 saturated carbocycles. The van der Waals surface area contributed by atoms with E-state index < -0.39 is 0 Å². The van der Waals surface area contributed by atoms with Gasteiger partial charge in [-0.05, 0) is 18.4 Å². The van der Waals surface area contributed by atoms with E-state index in [4.69, 9.17) is 4.74 Å². The summed E-state index contributed by atoms with van der Waals surface area (Å²) in [5.74, 6) is 1.70. The minimum absolute atomic E-state index is 0.118. The predicted octanol–water partition coefficient (Wildman–Crippen LogP) is 2.46. The number of aromatic nitrogens is 2. The van der Waals surface area contributed by atoms with Crippen molar-refractivity contribution in [3.63, 3.8) is 0 Å². The summed E-state index contributed by atoms with van der Waals surface area (Å²) < 4.78 is 5.66. The molecular weight excluding hydrogens is 284 g/mol. The van der Waals surface area contributed by atoms with Gasteiger partial charge in [-0.3, -0.25) is 4.90 Å². The summed E-state index contributed by atoms with van der Waals surface area (Å²) >= 11 is 1.79. The van der Waals surface area contributed by atoms with E-state index in [2.05, 4.69) is 37.7 Å². The van der Waals surface area contributed by atoms with Crippen LogP contribution in [0.25, 0.3) is 0 Å². The van der Waals surface area contributed by atoms with E-state index in [9.17, 15) is 0 Å². The topological polar surface area (TPSA) is 50.3 Å². The number of hydrogen-bond donors (Lipinski definition) is 1. The molecule has 21 heavy (non-hydrogen) atoms. The largest absolute Gasteiger partial charge is 0.378 e. The summed E-state index contributed by atoms with van der Waals surface area (Å²) in [6.45, 7) is 5.26. The van der Waals surface area contributed by atoms with Crippen LogP contribution < -0.4 is 5.32 Å². The molecule has 1 atom stereocenters. The Morgan fingerprint density at radius 1 is 1.48 bits per heavy atom. The average Bonchev–Trinajstić information content (AvgIpc) is 3.00. The second kappa shape index (κ2) is 6.51. The van der Waals surface area contributed by atoms with E-state index >= 15 is 0 Å². The third-order valence-electron chi connectivity index (χ3n) is 3.60. The highest BCUT2D eigenvalue weighted by atomic mass is 32.1. The van der Waals surface area contributed by atoms with E-state index in [1.807, 2.05) is 20.0 Å². The molecule has 1 fully saturated rings. The first-order valence-electron chi connectivity index (χ1n) is 7.14. The summed E-state index contributed by atoms with van der Waals surface area (Å²) in [7, 11) is 1.88. The monoisotopic (exact) mass is 304 g/mol. The quantitative estimate of drug-likeness (QED) is 0.940. The van der Waals surface area contributed by atoms with Crippen LogP contribution in [-0.4, -0.2) is 41.7 Å². The Balaban J connectivity index is 1.85. The molecule has 5 nitrogen and oxygen atoms in total.